The molecule has 0 fully saturated rings. The van der Waals surface area contributed by atoms with Crippen molar-refractivity contribution in [2.24, 2.45) is 5.92 Å². The van der Waals surface area contributed by atoms with Crippen molar-refractivity contribution in [3.05, 3.63) is 71.5 Å². The second kappa shape index (κ2) is 9.13. The topological polar surface area (TPSA) is 58.2 Å². The molecule has 2 N–H and O–H groups in total. The summed E-state index contributed by atoms with van der Waals surface area (Å²) in [6.07, 6.45) is 0. The number of amides is 2. The minimum atomic E-state index is -0.657. The molecule has 26 heavy (non-hydrogen) atoms. The Bertz CT molecular complexity index is 729. The van der Waals surface area contributed by atoms with Crippen LogP contribution in [0.5, 0.6) is 0 Å². The van der Waals surface area contributed by atoms with Crippen LogP contribution >= 0.6 is 0 Å². The van der Waals surface area contributed by atoms with E-state index in [1.165, 1.54) is 24.3 Å². The lowest BCUT2D eigenvalue weighted by Gasteiger charge is -2.23. The molecule has 0 aliphatic rings. The molecule has 4 nitrogen and oxygen atoms in total. The summed E-state index contributed by atoms with van der Waals surface area (Å²) in [5, 5.41) is 5.66. The van der Waals surface area contributed by atoms with Crippen LogP contribution in [0, 0.1) is 11.7 Å². The Labute approximate surface area is 153 Å². The average Bonchev–Trinajstić information content (AvgIpc) is 2.64. The van der Waals surface area contributed by atoms with E-state index in [9.17, 15) is 14.0 Å². The van der Waals surface area contributed by atoms with Gasteiger partial charge in [0, 0.05) is 12.1 Å². The van der Waals surface area contributed by atoms with Gasteiger partial charge in [0.05, 0.1) is 0 Å². The Morgan fingerprint density at radius 3 is 2.15 bits per heavy atom. The maximum Gasteiger partial charge on any atom is 0.251 e. The molecule has 0 saturated heterocycles. The maximum absolute atomic E-state index is 13.0. The fraction of sp³-hybridized carbons (Fsp3) is 0.333. The standard InChI is InChI=1S/C21H25FN2O2/c1-14(2)19(24-20(25)17-9-11-18(22)12-10-17)21(26)23-13-15(3)16-7-5-4-6-8-16/h4-12,14-15,19H,13H2,1-3H3,(H,23,26)(H,24,25)/t15-,19+/m1/s1. The molecule has 0 aliphatic heterocycles. The van der Waals surface area contributed by atoms with Gasteiger partial charge < -0.3 is 10.6 Å². The number of carbonyl (C=O) groups is 2. The van der Waals surface area contributed by atoms with E-state index in [1.54, 1.807) is 0 Å². The lowest BCUT2D eigenvalue weighted by atomic mass is 10.00. The van der Waals surface area contributed by atoms with Gasteiger partial charge in [0.15, 0.2) is 0 Å². The minimum Gasteiger partial charge on any atom is -0.354 e. The summed E-state index contributed by atoms with van der Waals surface area (Å²) in [5.74, 6) is -0.935. The molecule has 2 atom stereocenters. The van der Waals surface area contributed by atoms with E-state index in [0.717, 1.165) is 5.56 Å². The van der Waals surface area contributed by atoms with Gasteiger partial charge in [-0.3, -0.25) is 9.59 Å². The zero-order valence-corrected chi connectivity index (χ0v) is 15.3. The molecule has 2 rings (SSSR count). The summed E-state index contributed by atoms with van der Waals surface area (Å²) in [7, 11) is 0. The quantitative estimate of drug-likeness (QED) is 0.798. The Morgan fingerprint density at radius 1 is 0.962 bits per heavy atom. The zero-order valence-electron chi connectivity index (χ0n) is 15.3. The van der Waals surface area contributed by atoms with Crippen molar-refractivity contribution in [2.75, 3.05) is 6.54 Å². The maximum atomic E-state index is 13.0. The van der Waals surface area contributed by atoms with E-state index in [0.29, 0.717) is 12.1 Å². The third kappa shape index (κ3) is 5.41. The van der Waals surface area contributed by atoms with E-state index in [1.807, 2.05) is 51.1 Å². The van der Waals surface area contributed by atoms with E-state index in [4.69, 9.17) is 0 Å². The van der Waals surface area contributed by atoms with Gasteiger partial charge in [0.2, 0.25) is 5.91 Å². The molecule has 138 valence electrons. The summed E-state index contributed by atoms with van der Waals surface area (Å²) in [6.45, 7) is 6.27. The van der Waals surface area contributed by atoms with Crippen LogP contribution in [0.4, 0.5) is 4.39 Å². The molecule has 0 aromatic heterocycles. The number of benzene rings is 2. The van der Waals surface area contributed by atoms with Crippen molar-refractivity contribution in [1.29, 1.82) is 0 Å². The smallest absolute Gasteiger partial charge is 0.251 e. The molecule has 0 saturated carbocycles. The molecular formula is C21H25FN2O2. The molecule has 2 amide bonds. The van der Waals surface area contributed by atoms with Crippen LogP contribution in [-0.2, 0) is 4.79 Å². The van der Waals surface area contributed by atoms with Crippen molar-refractivity contribution < 1.29 is 14.0 Å². The first-order valence-corrected chi connectivity index (χ1v) is 8.77. The predicted molar refractivity (Wildman–Crippen MR) is 100 cm³/mol. The second-order valence-corrected chi connectivity index (χ2v) is 6.76. The van der Waals surface area contributed by atoms with Gasteiger partial charge in [-0.2, -0.15) is 0 Å². The van der Waals surface area contributed by atoms with Crippen LogP contribution in [0.15, 0.2) is 54.6 Å². The minimum absolute atomic E-state index is 0.0774. The zero-order chi connectivity index (χ0) is 19.1. The Balaban J connectivity index is 1.96. The van der Waals surface area contributed by atoms with Crippen LogP contribution in [0.2, 0.25) is 0 Å². The van der Waals surface area contributed by atoms with Crippen molar-refractivity contribution >= 4 is 11.8 Å². The van der Waals surface area contributed by atoms with Gasteiger partial charge in [0.25, 0.3) is 5.91 Å². The van der Waals surface area contributed by atoms with Crippen LogP contribution in [0.3, 0.4) is 0 Å². The van der Waals surface area contributed by atoms with E-state index >= 15 is 0 Å². The molecule has 0 spiro atoms. The lowest BCUT2D eigenvalue weighted by molar-refractivity contribution is -0.124. The third-order valence-electron chi connectivity index (χ3n) is 4.29. The number of hydrogen-bond donors (Lipinski definition) is 2. The molecule has 0 heterocycles. The number of nitrogens with one attached hydrogen (secondary N) is 2. The predicted octanol–water partition coefficient (Wildman–Crippen LogP) is 3.50. The second-order valence-electron chi connectivity index (χ2n) is 6.76. The highest BCUT2D eigenvalue weighted by atomic mass is 19.1. The number of rotatable bonds is 7. The Morgan fingerprint density at radius 2 is 1.58 bits per heavy atom. The van der Waals surface area contributed by atoms with Crippen LogP contribution in [0.25, 0.3) is 0 Å². The monoisotopic (exact) mass is 356 g/mol. The van der Waals surface area contributed by atoms with Gasteiger partial charge in [-0.05, 0) is 41.7 Å². The summed E-state index contributed by atoms with van der Waals surface area (Å²) < 4.78 is 13.0. The molecule has 2 aromatic carbocycles. The molecular weight excluding hydrogens is 331 g/mol. The first-order chi connectivity index (χ1) is 12.4. The van der Waals surface area contributed by atoms with E-state index in [2.05, 4.69) is 10.6 Å². The SMILES string of the molecule is CC(C)[C@H](NC(=O)c1ccc(F)cc1)C(=O)NC[C@@H](C)c1ccccc1. The van der Waals surface area contributed by atoms with Crippen molar-refractivity contribution in [3.8, 4) is 0 Å². The van der Waals surface area contributed by atoms with Crippen molar-refractivity contribution in [1.82, 2.24) is 10.6 Å². The van der Waals surface area contributed by atoms with Gasteiger partial charge in [-0.15, -0.1) is 0 Å². The van der Waals surface area contributed by atoms with Crippen LogP contribution < -0.4 is 10.6 Å². The fourth-order valence-electron chi connectivity index (χ4n) is 2.62. The molecule has 0 radical (unpaired) electrons. The highest BCUT2D eigenvalue weighted by Gasteiger charge is 2.25. The molecule has 0 unspecified atom stereocenters. The first-order valence-electron chi connectivity index (χ1n) is 8.77. The van der Waals surface area contributed by atoms with E-state index < -0.39 is 17.8 Å². The highest BCUT2D eigenvalue weighted by molar-refractivity contribution is 5.97. The molecule has 0 bridgehead atoms. The van der Waals surface area contributed by atoms with Crippen LogP contribution in [0.1, 0.15) is 42.6 Å². The molecule has 0 aliphatic carbocycles. The fourth-order valence-corrected chi connectivity index (χ4v) is 2.62. The van der Waals surface area contributed by atoms with E-state index in [-0.39, 0.29) is 17.7 Å². The molecule has 2 aromatic rings. The normalized spacial score (nSPS) is 13.1. The summed E-state index contributed by atoms with van der Waals surface area (Å²) >= 11 is 0. The Kier molecular flexibility index (Phi) is 6.89. The third-order valence-corrected chi connectivity index (χ3v) is 4.29. The summed E-state index contributed by atoms with van der Waals surface area (Å²) in [4.78, 5) is 24.9. The highest BCUT2D eigenvalue weighted by Crippen LogP contribution is 2.13. The Hall–Kier alpha value is -2.69. The number of carbonyl (C=O) groups excluding carboxylic acids is 2. The van der Waals surface area contributed by atoms with Gasteiger partial charge in [-0.25, -0.2) is 4.39 Å². The average molecular weight is 356 g/mol. The number of hydrogen-bond acceptors (Lipinski definition) is 2. The summed E-state index contributed by atoms with van der Waals surface area (Å²) in [5.41, 5.74) is 1.46. The lowest BCUT2D eigenvalue weighted by Crippen LogP contribution is -2.50. The van der Waals surface area contributed by atoms with Crippen molar-refractivity contribution in [3.63, 3.8) is 0 Å². The van der Waals surface area contributed by atoms with Gasteiger partial charge in [-0.1, -0.05) is 51.1 Å². The number of halogens is 1. The summed E-state index contributed by atoms with van der Waals surface area (Å²) in [6, 6.07) is 14.5. The van der Waals surface area contributed by atoms with Crippen molar-refractivity contribution in [2.45, 2.75) is 32.7 Å². The van der Waals surface area contributed by atoms with Crippen LogP contribution in [-0.4, -0.2) is 24.4 Å². The first kappa shape index (κ1) is 19.6. The van der Waals surface area contributed by atoms with Gasteiger partial charge >= 0.3 is 0 Å². The largest absolute Gasteiger partial charge is 0.354 e. The molecule has 5 heteroatoms. The van der Waals surface area contributed by atoms with Gasteiger partial charge in [0.1, 0.15) is 11.9 Å².